The Morgan fingerprint density at radius 1 is 1.50 bits per heavy atom. The minimum absolute atomic E-state index is 0.115. The molecule has 1 heterocycles. The van der Waals surface area contributed by atoms with Gasteiger partial charge in [0.25, 0.3) is 5.91 Å². The fourth-order valence-electron chi connectivity index (χ4n) is 1.80. The van der Waals surface area contributed by atoms with Crippen LogP contribution in [0.3, 0.4) is 0 Å². The number of aliphatic hydroxyl groups excluding tert-OH is 1. The molecule has 20 heavy (non-hydrogen) atoms. The van der Waals surface area contributed by atoms with Gasteiger partial charge < -0.3 is 10.4 Å². The van der Waals surface area contributed by atoms with Crippen molar-refractivity contribution in [1.82, 2.24) is 15.1 Å². The lowest BCUT2D eigenvalue weighted by molar-refractivity contribution is 0.0917. The predicted molar refractivity (Wildman–Crippen MR) is 77.3 cm³/mol. The summed E-state index contributed by atoms with van der Waals surface area (Å²) in [5.74, 6) is -0.319. The van der Waals surface area contributed by atoms with Crippen LogP contribution in [0.5, 0.6) is 0 Å². The quantitative estimate of drug-likeness (QED) is 0.905. The summed E-state index contributed by atoms with van der Waals surface area (Å²) in [7, 11) is 0. The fourth-order valence-corrected chi connectivity index (χ4v) is 2.01. The van der Waals surface area contributed by atoms with Gasteiger partial charge in [-0.25, -0.2) is 4.68 Å². The van der Waals surface area contributed by atoms with E-state index in [9.17, 15) is 4.79 Å². The second kappa shape index (κ2) is 6.07. The maximum absolute atomic E-state index is 12.0. The van der Waals surface area contributed by atoms with E-state index in [1.165, 1.54) is 0 Å². The van der Waals surface area contributed by atoms with E-state index in [0.29, 0.717) is 10.7 Å². The maximum atomic E-state index is 12.0. The van der Waals surface area contributed by atoms with Crippen LogP contribution in [0.4, 0.5) is 0 Å². The average Bonchev–Trinajstić information content (AvgIpc) is 2.81. The Balaban J connectivity index is 2.31. The number of hydrogen-bond acceptors (Lipinski definition) is 3. The number of hydrogen-bond donors (Lipinski definition) is 2. The Bertz CT molecular complexity index is 625. The lowest BCUT2D eigenvalue weighted by Gasteiger charge is -2.09. The van der Waals surface area contributed by atoms with E-state index in [-0.39, 0.29) is 18.6 Å². The lowest BCUT2D eigenvalue weighted by Crippen LogP contribution is -2.35. The number of nitrogens with one attached hydrogen (secondary N) is 1. The molecule has 2 N–H and O–H groups in total. The van der Waals surface area contributed by atoms with Gasteiger partial charge in [0, 0.05) is 11.7 Å². The van der Waals surface area contributed by atoms with E-state index in [0.717, 1.165) is 11.4 Å². The summed E-state index contributed by atoms with van der Waals surface area (Å²) in [5.41, 5.74) is 1.82. The number of carbonyl (C=O) groups is 1. The summed E-state index contributed by atoms with van der Waals surface area (Å²) >= 11 is 6.13. The van der Waals surface area contributed by atoms with Crippen LogP contribution < -0.4 is 5.32 Å². The molecule has 0 spiro atoms. The number of nitrogens with zero attached hydrogens (tertiary/aromatic N) is 2. The summed E-state index contributed by atoms with van der Waals surface area (Å²) in [6, 6.07) is 8.67. The molecule has 0 saturated carbocycles. The highest BCUT2D eigenvalue weighted by atomic mass is 35.5. The van der Waals surface area contributed by atoms with Crippen molar-refractivity contribution >= 4 is 17.5 Å². The Kier molecular flexibility index (Phi) is 4.42. The van der Waals surface area contributed by atoms with Gasteiger partial charge in [-0.05, 0) is 32.0 Å². The highest BCUT2D eigenvalue weighted by Gasteiger charge is 2.15. The zero-order chi connectivity index (χ0) is 14.7. The van der Waals surface area contributed by atoms with Crippen LogP contribution in [0.25, 0.3) is 5.69 Å². The molecule has 0 bridgehead atoms. The number of halogens is 1. The van der Waals surface area contributed by atoms with Gasteiger partial charge in [0.2, 0.25) is 0 Å². The number of para-hydroxylation sites is 1. The van der Waals surface area contributed by atoms with Crippen LogP contribution in [0, 0.1) is 6.92 Å². The molecule has 1 aromatic carbocycles. The molecule has 0 aliphatic heterocycles. The lowest BCUT2D eigenvalue weighted by atomic mass is 10.3. The fraction of sp³-hybridized carbons (Fsp3) is 0.286. The van der Waals surface area contributed by atoms with Crippen molar-refractivity contribution < 1.29 is 9.90 Å². The van der Waals surface area contributed by atoms with E-state index >= 15 is 0 Å². The van der Waals surface area contributed by atoms with E-state index in [1.54, 1.807) is 23.7 Å². The average molecular weight is 294 g/mol. The van der Waals surface area contributed by atoms with E-state index in [1.807, 2.05) is 25.1 Å². The molecule has 106 valence electrons. The number of aryl methyl sites for hydroxylation is 1. The summed E-state index contributed by atoms with van der Waals surface area (Å²) < 4.78 is 1.63. The topological polar surface area (TPSA) is 67.2 Å². The van der Waals surface area contributed by atoms with Crippen molar-refractivity contribution in [2.75, 3.05) is 6.61 Å². The van der Waals surface area contributed by atoms with Gasteiger partial charge >= 0.3 is 0 Å². The first kappa shape index (κ1) is 14.6. The Hall–Kier alpha value is -1.85. The minimum Gasteiger partial charge on any atom is -0.394 e. The monoisotopic (exact) mass is 293 g/mol. The van der Waals surface area contributed by atoms with Gasteiger partial charge in [0.05, 0.1) is 17.3 Å². The summed E-state index contributed by atoms with van der Waals surface area (Å²) in [6.07, 6.45) is 0. The third-order valence-corrected chi connectivity index (χ3v) is 3.17. The number of aliphatic hydroxyl groups is 1. The van der Waals surface area contributed by atoms with Crippen molar-refractivity contribution in [3.8, 4) is 5.69 Å². The summed E-state index contributed by atoms with van der Waals surface area (Å²) in [6.45, 7) is 3.45. The second-order valence-corrected chi connectivity index (χ2v) is 5.00. The number of amides is 1. The minimum atomic E-state index is -0.319. The van der Waals surface area contributed by atoms with Crippen LogP contribution in [-0.4, -0.2) is 33.4 Å². The largest absolute Gasteiger partial charge is 0.394 e. The SMILES string of the molecule is Cc1cc(C(=O)NC(C)CO)nn1-c1ccccc1Cl. The number of aromatic nitrogens is 2. The molecule has 0 fully saturated rings. The summed E-state index contributed by atoms with van der Waals surface area (Å²) in [5, 5.41) is 16.4. The van der Waals surface area contributed by atoms with Crippen molar-refractivity contribution in [3.63, 3.8) is 0 Å². The molecule has 2 rings (SSSR count). The second-order valence-electron chi connectivity index (χ2n) is 4.59. The Morgan fingerprint density at radius 3 is 2.85 bits per heavy atom. The molecular formula is C14H16ClN3O2. The summed E-state index contributed by atoms with van der Waals surface area (Å²) in [4.78, 5) is 12.0. The number of benzene rings is 1. The molecule has 1 amide bonds. The van der Waals surface area contributed by atoms with Gasteiger partial charge in [0.1, 0.15) is 0 Å². The van der Waals surface area contributed by atoms with Crippen LogP contribution in [0.1, 0.15) is 23.1 Å². The van der Waals surface area contributed by atoms with Crippen LogP contribution >= 0.6 is 11.6 Å². The first-order valence-corrected chi connectivity index (χ1v) is 6.64. The molecule has 1 aromatic heterocycles. The van der Waals surface area contributed by atoms with Crippen molar-refractivity contribution in [2.24, 2.45) is 0 Å². The van der Waals surface area contributed by atoms with Gasteiger partial charge in [-0.1, -0.05) is 23.7 Å². The van der Waals surface area contributed by atoms with Gasteiger partial charge in [0.15, 0.2) is 5.69 Å². The molecule has 0 aliphatic carbocycles. The molecule has 0 radical (unpaired) electrons. The maximum Gasteiger partial charge on any atom is 0.272 e. The van der Waals surface area contributed by atoms with Gasteiger partial charge in [-0.15, -0.1) is 0 Å². The van der Waals surface area contributed by atoms with Crippen LogP contribution in [0.2, 0.25) is 5.02 Å². The molecule has 5 nitrogen and oxygen atoms in total. The van der Waals surface area contributed by atoms with Crippen LogP contribution in [0.15, 0.2) is 30.3 Å². The highest BCUT2D eigenvalue weighted by Crippen LogP contribution is 2.21. The normalized spacial score (nSPS) is 12.2. The number of rotatable bonds is 4. The van der Waals surface area contributed by atoms with E-state index in [2.05, 4.69) is 10.4 Å². The standard InChI is InChI=1S/C14H16ClN3O2/c1-9(8-19)16-14(20)12-7-10(2)18(17-12)13-6-4-3-5-11(13)15/h3-7,9,19H,8H2,1-2H3,(H,16,20). The van der Waals surface area contributed by atoms with Gasteiger partial charge in [-0.2, -0.15) is 5.10 Å². The first-order chi connectivity index (χ1) is 9.52. The molecule has 0 saturated heterocycles. The van der Waals surface area contributed by atoms with Crippen molar-refractivity contribution in [1.29, 1.82) is 0 Å². The van der Waals surface area contributed by atoms with Crippen LogP contribution in [-0.2, 0) is 0 Å². The number of carbonyl (C=O) groups excluding carboxylic acids is 1. The molecule has 0 aliphatic rings. The molecule has 1 unspecified atom stereocenters. The zero-order valence-corrected chi connectivity index (χ0v) is 12.1. The zero-order valence-electron chi connectivity index (χ0n) is 11.3. The first-order valence-electron chi connectivity index (χ1n) is 6.26. The van der Waals surface area contributed by atoms with Crippen molar-refractivity contribution in [3.05, 3.63) is 46.7 Å². The molecule has 6 heteroatoms. The van der Waals surface area contributed by atoms with Crippen molar-refractivity contribution in [2.45, 2.75) is 19.9 Å². The van der Waals surface area contributed by atoms with E-state index in [4.69, 9.17) is 16.7 Å². The highest BCUT2D eigenvalue weighted by molar-refractivity contribution is 6.32. The molecule has 1 atom stereocenters. The third-order valence-electron chi connectivity index (χ3n) is 2.85. The predicted octanol–water partition coefficient (Wildman–Crippen LogP) is 1.94. The molecule has 2 aromatic rings. The van der Waals surface area contributed by atoms with Gasteiger partial charge in [-0.3, -0.25) is 4.79 Å². The third kappa shape index (κ3) is 3.00. The molecular weight excluding hydrogens is 278 g/mol. The Labute approximate surface area is 122 Å². The smallest absolute Gasteiger partial charge is 0.272 e. The Morgan fingerprint density at radius 2 is 2.20 bits per heavy atom. The van der Waals surface area contributed by atoms with E-state index < -0.39 is 0 Å².